The molecule has 0 heterocycles. The molecule has 0 aromatic heterocycles. The summed E-state index contributed by atoms with van der Waals surface area (Å²) in [6, 6.07) is 0.883. The van der Waals surface area contributed by atoms with Gasteiger partial charge in [0.1, 0.15) is 0 Å². The van der Waals surface area contributed by atoms with E-state index in [9.17, 15) is 4.79 Å². The van der Waals surface area contributed by atoms with E-state index >= 15 is 0 Å². The Bertz CT molecular complexity index is 168. The van der Waals surface area contributed by atoms with Crippen LogP contribution in [-0.2, 0) is 4.79 Å². The van der Waals surface area contributed by atoms with Crippen molar-refractivity contribution in [3.8, 4) is 0 Å². The first-order chi connectivity index (χ1) is 5.59. The molecule has 1 saturated carbocycles. The summed E-state index contributed by atoms with van der Waals surface area (Å²) in [7, 11) is 0. The minimum absolute atomic E-state index is 0.110. The minimum Gasteiger partial charge on any atom is -0.481 e. The first kappa shape index (κ1) is 9.52. The fraction of sp³-hybridized carbons (Fsp3) is 0.889. The third kappa shape index (κ3) is 2.48. The highest BCUT2D eigenvalue weighted by atomic mass is 16.4. The lowest BCUT2D eigenvalue weighted by atomic mass is 10.1. The summed E-state index contributed by atoms with van der Waals surface area (Å²) in [6.07, 6.45) is 2.64. The van der Waals surface area contributed by atoms with Gasteiger partial charge >= 0.3 is 5.97 Å². The standard InChI is InChI=1S/C9H17NO2/c1-6(2)10-8-4-3-7(5-8)9(11)12/h6-8,10H,3-5H2,1-2H3,(H,11,12)/t7-,8+/m0/s1. The van der Waals surface area contributed by atoms with Gasteiger partial charge in [-0.1, -0.05) is 13.8 Å². The van der Waals surface area contributed by atoms with Gasteiger partial charge in [0.2, 0.25) is 0 Å². The highest BCUT2D eigenvalue weighted by molar-refractivity contribution is 5.70. The van der Waals surface area contributed by atoms with Gasteiger partial charge in [-0.25, -0.2) is 0 Å². The Balaban J connectivity index is 2.30. The van der Waals surface area contributed by atoms with Gasteiger partial charge in [-0.2, -0.15) is 0 Å². The van der Waals surface area contributed by atoms with Crippen molar-refractivity contribution in [3.63, 3.8) is 0 Å². The minimum atomic E-state index is -0.636. The number of carboxylic acid groups (broad SMARTS) is 1. The summed E-state index contributed by atoms with van der Waals surface area (Å²) in [6.45, 7) is 4.18. The molecule has 0 amide bonds. The molecule has 1 aliphatic carbocycles. The Morgan fingerprint density at radius 2 is 2.17 bits per heavy atom. The lowest BCUT2D eigenvalue weighted by Gasteiger charge is -2.14. The number of carbonyl (C=O) groups is 1. The highest BCUT2D eigenvalue weighted by Crippen LogP contribution is 2.25. The van der Waals surface area contributed by atoms with Crippen LogP contribution in [0.5, 0.6) is 0 Å². The van der Waals surface area contributed by atoms with Gasteiger partial charge in [-0.05, 0) is 19.3 Å². The average Bonchev–Trinajstić information content (AvgIpc) is 2.34. The van der Waals surface area contributed by atoms with Crippen molar-refractivity contribution in [2.45, 2.75) is 45.2 Å². The van der Waals surface area contributed by atoms with Gasteiger partial charge in [-0.3, -0.25) is 4.79 Å². The van der Waals surface area contributed by atoms with Crippen LogP contribution in [0.1, 0.15) is 33.1 Å². The van der Waals surface area contributed by atoms with Crippen LogP contribution in [0.25, 0.3) is 0 Å². The van der Waals surface area contributed by atoms with Crippen molar-refractivity contribution in [2.75, 3.05) is 0 Å². The van der Waals surface area contributed by atoms with E-state index in [0.717, 1.165) is 19.3 Å². The molecule has 3 nitrogen and oxygen atoms in total. The van der Waals surface area contributed by atoms with Gasteiger partial charge in [0, 0.05) is 12.1 Å². The molecule has 70 valence electrons. The van der Waals surface area contributed by atoms with E-state index in [1.54, 1.807) is 0 Å². The summed E-state index contributed by atoms with van der Waals surface area (Å²) in [5.41, 5.74) is 0. The molecule has 2 N–H and O–H groups in total. The molecule has 1 aliphatic rings. The summed E-state index contributed by atoms with van der Waals surface area (Å²) in [4.78, 5) is 10.6. The topological polar surface area (TPSA) is 49.3 Å². The van der Waals surface area contributed by atoms with Gasteiger partial charge < -0.3 is 10.4 Å². The molecule has 0 saturated heterocycles. The third-order valence-electron chi connectivity index (χ3n) is 2.35. The Morgan fingerprint density at radius 3 is 2.58 bits per heavy atom. The molecule has 0 aliphatic heterocycles. The van der Waals surface area contributed by atoms with Crippen molar-refractivity contribution in [1.82, 2.24) is 5.32 Å². The summed E-state index contributed by atoms with van der Waals surface area (Å²) < 4.78 is 0. The Morgan fingerprint density at radius 1 is 1.50 bits per heavy atom. The predicted octanol–water partition coefficient (Wildman–Crippen LogP) is 1.24. The first-order valence-corrected chi connectivity index (χ1v) is 4.58. The van der Waals surface area contributed by atoms with Crippen LogP contribution in [-0.4, -0.2) is 23.2 Å². The number of hydrogen-bond donors (Lipinski definition) is 2. The van der Waals surface area contributed by atoms with Crippen molar-refractivity contribution < 1.29 is 9.90 Å². The molecule has 0 radical (unpaired) electrons. The van der Waals surface area contributed by atoms with Crippen LogP contribution in [0, 0.1) is 5.92 Å². The summed E-state index contributed by atoms with van der Waals surface area (Å²) in [5, 5.41) is 12.1. The van der Waals surface area contributed by atoms with Gasteiger partial charge in [-0.15, -0.1) is 0 Å². The zero-order valence-corrected chi connectivity index (χ0v) is 7.71. The summed E-state index contributed by atoms with van der Waals surface area (Å²) in [5.74, 6) is -0.746. The van der Waals surface area contributed by atoms with Crippen molar-refractivity contribution in [1.29, 1.82) is 0 Å². The maximum Gasteiger partial charge on any atom is 0.306 e. The van der Waals surface area contributed by atoms with Crippen molar-refractivity contribution in [3.05, 3.63) is 0 Å². The average molecular weight is 171 g/mol. The second kappa shape index (κ2) is 3.90. The molecular weight excluding hydrogens is 154 g/mol. The van der Waals surface area contributed by atoms with Crippen molar-refractivity contribution in [2.24, 2.45) is 5.92 Å². The molecule has 3 heteroatoms. The second-order valence-electron chi connectivity index (χ2n) is 3.87. The largest absolute Gasteiger partial charge is 0.481 e. The smallest absolute Gasteiger partial charge is 0.306 e. The maximum absolute atomic E-state index is 10.6. The fourth-order valence-corrected chi connectivity index (χ4v) is 1.83. The molecular formula is C9H17NO2. The number of carboxylic acids is 1. The third-order valence-corrected chi connectivity index (χ3v) is 2.35. The Labute approximate surface area is 73.2 Å². The molecule has 0 bridgehead atoms. The SMILES string of the molecule is CC(C)N[C@@H]1CC[C@H](C(=O)O)C1. The van der Waals surface area contributed by atoms with E-state index < -0.39 is 5.97 Å². The van der Waals surface area contributed by atoms with E-state index in [1.807, 2.05) is 0 Å². The highest BCUT2D eigenvalue weighted by Gasteiger charge is 2.29. The monoisotopic (exact) mass is 171 g/mol. The normalized spacial score (nSPS) is 29.6. The number of hydrogen-bond acceptors (Lipinski definition) is 2. The van der Waals surface area contributed by atoms with Gasteiger partial charge in [0.05, 0.1) is 5.92 Å². The van der Waals surface area contributed by atoms with Crippen LogP contribution in [0.2, 0.25) is 0 Å². The second-order valence-corrected chi connectivity index (χ2v) is 3.87. The van der Waals surface area contributed by atoms with E-state index in [4.69, 9.17) is 5.11 Å². The maximum atomic E-state index is 10.6. The zero-order chi connectivity index (χ0) is 9.14. The lowest BCUT2D eigenvalue weighted by molar-refractivity contribution is -0.141. The fourth-order valence-electron chi connectivity index (χ4n) is 1.83. The quantitative estimate of drug-likeness (QED) is 0.671. The van der Waals surface area contributed by atoms with Gasteiger partial charge in [0.15, 0.2) is 0 Å². The van der Waals surface area contributed by atoms with Crippen molar-refractivity contribution >= 4 is 5.97 Å². The molecule has 0 aromatic rings. The van der Waals surface area contributed by atoms with E-state index in [-0.39, 0.29) is 5.92 Å². The number of aliphatic carboxylic acids is 1. The van der Waals surface area contributed by atoms with Crippen LogP contribution < -0.4 is 5.32 Å². The zero-order valence-electron chi connectivity index (χ0n) is 7.71. The molecule has 1 rings (SSSR count). The van der Waals surface area contributed by atoms with E-state index in [2.05, 4.69) is 19.2 Å². The van der Waals surface area contributed by atoms with Crippen LogP contribution >= 0.6 is 0 Å². The molecule has 2 atom stereocenters. The predicted molar refractivity (Wildman–Crippen MR) is 47.0 cm³/mol. The number of rotatable bonds is 3. The van der Waals surface area contributed by atoms with Crippen LogP contribution in [0.15, 0.2) is 0 Å². The van der Waals surface area contributed by atoms with Crippen LogP contribution in [0.4, 0.5) is 0 Å². The number of nitrogens with one attached hydrogen (secondary N) is 1. The van der Waals surface area contributed by atoms with E-state index in [0.29, 0.717) is 12.1 Å². The molecule has 0 spiro atoms. The van der Waals surface area contributed by atoms with Gasteiger partial charge in [0.25, 0.3) is 0 Å². The molecule has 12 heavy (non-hydrogen) atoms. The molecule has 0 unspecified atom stereocenters. The first-order valence-electron chi connectivity index (χ1n) is 4.58. The Kier molecular flexibility index (Phi) is 3.09. The molecule has 1 fully saturated rings. The Hall–Kier alpha value is -0.570. The molecule has 0 aromatic carbocycles. The summed E-state index contributed by atoms with van der Waals surface area (Å²) >= 11 is 0. The van der Waals surface area contributed by atoms with E-state index in [1.165, 1.54) is 0 Å². The lowest BCUT2D eigenvalue weighted by Crippen LogP contribution is -2.33. The van der Waals surface area contributed by atoms with Crippen LogP contribution in [0.3, 0.4) is 0 Å².